The summed E-state index contributed by atoms with van der Waals surface area (Å²) in [5.41, 5.74) is 1.10. The van der Waals surface area contributed by atoms with Crippen LogP contribution in [0.25, 0.3) is 5.76 Å². The number of hydrogen-bond donors (Lipinski definition) is 1. The van der Waals surface area contributed by atoms with Gasteiger partial charge in [-0.2, -0.15) is 0 Å². The van der Waals surface area contributed by atoms with E-state index in [4.69, 9.17) is 21.1 Å². The predicted molar refractivity (Wildman–Crippen MR) is 124 cm³/mol. The molecular weight excluding hydrogens is 430 g/mol. The number of halogens is 1. The number of hydrogen-bond acceptors (Lipinski definition) is 5. The smallest absolute Gasteiger partial charge is 0.295 e. The van der Waals surface area contributed by atoms with E-state index >= 15 is 0 Å². The second kappa shape index (κ2) is 10.6. The average molecular weight is 458 g/mol. The van der Waals surface area contributed by atoms with Crippen LogP contribution >= 0.6 is 11.6 Å². The molecule has 7 heteroatoms. The first-order valence-corrected chi connectivity index (χ1v) is 11.2. The van der Waals surface area contributed by atoms with Gasteiger partial charge in [-0.25, -0.2) is 0 Å². The van der Waals surface area contributed by atoms with E-state index in [1.165, 1.54) is 12.0 Å². The van der Waals surface area contributed by atoms with Crippen molar-refractivity contribution in [3.05, 3.63) is 64.2 Å². The summed E-state index contributed by atoms with van der Waals surface area (Å²) >= 11 is 6.11. The molecule has 0 bridgehead atoms. The van der Waals surface area contributed by atoms with Gasteiger partial charge < -0.3 is 19.5 Å². The molecule has 1 heterocycles. The quantitative estimate of drug-likeness (QED) is 0.311. The van der Waals surface area contributed by atoms with E-state index < -0.39 is 17.7 Å². The van der Waals surface area contributed by atoms with Crippen molar-refractivity contribution < 1.29 is 24.2 Å². The Kier molecular flexibility index (Phi) is 7.80. The number of likely N-dealkylation sites (tertiary alicyclic amines) is 1. The van der Waals surface area contributed by atoms with Crippen LogP contribution in [-0.2, 0) is 9.59 Å². The highest BCUT2D eigenvalue weighted by atomic mass is 35.5. The lowest BCUT2D eigenvalue weighted by molar-refractivity contribution is -0.139. The summed E-state index contributed by atoms with van der Waals surface area (Å²) in [4.78, 5) is 27.5. The van der Waals surface area contributed by atoms with Gasteiger partial charge in [0.1, 0.15) is 17.3 Å². The van der Waals surface area contributed by atoms with Crippen LogP contribution in [0.3, 0.4) is 0 Å². The van der Waals surface area contributed by atoms with Crippen molar-refractivity contribution in [3.8, 4) is 11.5 Å². The molecule has 170 valence electrons. The molecule has 3 rings (SSSR count). The molecule has 1 atom stereocenters. The molecule has 6 nitrogen and oxygen atoms in total. The zero-order chi connectivity index (χ0) is 23.3. The fourth-order valence-corrected chi connectivity index (χ4v) is 3.94. The van der Waals surface area contributed by atoms with Crippen molar-refractivity contribution in [2.75, 3.05) is 20.3 Å². The SMILES string of the molecule is CCCCN1C(=O)C(=O)/C(=C(\O)c2ccc(Cl)c(OC)c2)C1c1cccc(OCCC)c1. The number of ketones is 1. The van der Waals surface area contributed by atoms with E-state index in [1.54, 1.807) is 18.2 Å². The summed E-state index contributed by atoms with van der Waals surface area (Å²) in [7, 11) is 1.47. The summed E-state index contributed by atoms with van der Waals surface area (Å²) in [6.45, 7) is 5.01. The number of nitrogens with zero attached hydrogens (tertiary/aromatic N) is 1. The van der Waals surface area contributed by atoms with E-state index in [0.29, 0.717) is 40.8 Å². The largest absolute Gasteiger partial charge is 0.507 e. The zero-order valence-electron chi connectivity index (χ0n) is 18.6. The van der Waals surface area contributed by atoms with Gasteiger partial charge in [-0.15, -0.1) is 0 Å². The molecule has 1 fully saturated rings. The standard InChI is InChI=1S/C25H28ClNO5/c1-4-6-12-27-22(16-8-7-9-18(14-16)32-13-5-2)21(24(29)25(27)30)23(28)17-10-11-19(26)20(15-17)31-3/h7-11,14-15,22,28H,4-6,12-13H2,1-3H3/b23-21-. The Morgan fingerprint density at radius 1 is 1.12 bits per heavy atom. The van der Waals surface area contributed by atoms with Gasteiger partial charge in [-0.1, -0.05) is 44.0 Å². The van der Waals surface area contributed by atoms with Crippen LogP contribution in [-0.4, -0.2) is 42.0 Å². The third-order valence-corrected chi connectivity index (χ3v) is 5.68. The highest BCUT2D eigenvalue weighted by Gasteiger charge is 2.45. The first kappa shape index (κ1) is 23.7. The van der Waals surface area contributed by atoms with Gasteiger partial charge in [-0.3, -0.25) is 9.59 Å². The van der Waals surface area contributed by atoms with Gasteiger partial charge in [0.2, 0.25) is 0 Å². The van der Waals surface area contributed by atoms with Gasteiger partial charge >= 0.3 is 0 Å². The fraction of sp³-hybridized carbons (Fsp3) is 0.360. The highest BCUT2D eigenvalue weighted by Crippen LogP contribution is 2.41. The zero-order valence-corrected chi connectivity index (χ0v) is 19.3. The minimum absolute atomic E-state index is 0.0446. The molecule has 2 aromatic rings. The number of Topliss-reactive ketones (excluding diaryl/α,β-unsaturated/α-hetero) is 1. The number of carbonyl (C=O) groups is 2. The summed E-state index contributed by atoms with van der Waals surface area (Å²) in [6.07, 6.45) is 2.46. The Balaban J connectivity index is 2.15. The number of aliphatic hydroxyl groups excluding tert-OH is 1. The molecule has 1 aliphatic rings. The van der Waals surface area contributed by atoms with Crippen LogP contribution in [0.5, 0.6) is 11.5 Å². The normalized spacial score (nSPS) is 17.6. The number of methoxy groups -OCH3 is 1. The van der Waals surface area contributed by atoms with Gasteiger partial charge in [0.25, 0.3) is 11.7 Å². The van der Waals surface area contributed by atoms with E-state index in [-0.39, 0.29) is 11.3 Å². The number of rotatable bonds is 9. The highest BCUT2D eigenvalue weighted by molar-refractivity contribution is 6.46. The predicted octanol–water partition coefficient (Wildman–Crippen LogP) is 5.36. The Morgan fingerprint density at radius 3 is 2.59 bits per heavy atom. The average Bonchev–Trinajstić information content (AvgIpc) is 3.06. The maximum atomic E-state index is 13.1. The van der Waals surface area contributed by atoms with Gasteiger partial charge in [0, 0.05) is 12.1 Å². The molecule has 1 N–H and O–H groups in total. The number of aliphatic hydroxyl groups is 1. The van der Waals surface area contributed by atoms with Crippen LogP contribution in [0.4, 0.5) is 0 Å². The molecule has 0 saturated carbocycles. The summed E-state index contributed by atoms with van der Waals surface area (Å²) < 4.78 is 11.0. The summed E-state index contributed by atoms with van der Waals surface area (Å²) in [5.74, 6) is -0.577. The van der Waals surface area contributed by atoms with E-state index in [0.717, 1.165) is 19.3 Å². The second-order valence-electron chi connectivity index (χ2n) is 7.62. The number of benzene rings is 2. The van der Waals surface area contributed by atoms with Gasteiger partial charge in [0.15, 0.2) is 0 Å². The Morgan fingerprint density at radius 2 is 1.91 bits per heavy atom. The lowest BCUT2D eigenvalue weighted by Gasteiger charge is -2.25. The molecule has 0 radical (unpaired) electrons. The number of unbranched alkanes of at least 4 members (excludes halogenated alkanes) is 1. The van der Waals surface area contributed by atoms with Crippen molar-refractivity contribution in [2.45, 2.75) is 39.2 Å². The lowest BCUT2D eigenvalue weighted by Crippen LogP contribution is -2.30. The van der Waals surface area contributed by atoms with Crippen molar-refractivity contribution in [2.24, 2.45) is 0 Å². The number of amides is 1. The van der Waals surface area contributed by atoms with Crippen LogP contribution in [0.1, 0.15) is 50.3 Å². The Bertz CT molecular complexity index is 1030. The first-order valence-electron chi connectivity index (χ1n) is 10.8. The first-order chi connectivity index (χ1) is 15.4. The maximum Gasteiger partial charge on any atom is 0.295 e. The van der Waals surface area contributed by atoms with Crippen molar-refractivity contribution in [1.82, 2.24) is 4.90 Å². The molecule has 0 aliphatic carbocycles. The van der Waals surface area contributed by atoms with Crippen molar-refractivity contribution >= 4 is 29.1 Å². The molecule has 1 aliphatic heterocycles. The van der Waals surface area contributed by atoms with Gasteiger partial charge in [0.05, 0.1) is 30.4 Å². The lowest BCUT2D eigenvalue weighted by atomic mass is 9.95. The second-order valence-corrected chi connectivity index (χ2v) is 8.02. The maximum absolute atomic E-state index is 13.1. The Labute approximate surface area is 193 Å². The van der Waals surface area contributed by atoms with Gasteiger partial charge in [-0.05, 0) is 48.7 Å². The Hall–Kier alpha value is -2.99. The molecule has 32 heavy (non-hydrogen) atoms. The molecule has 0 spiro atoms. The monoisotopic (exact) mass is 457 g/mol. The minimum Gasteiger partial charge on any atom is -0.507 e. The van der Waals surface area contributed by atoms with Crippen molar-refractivity contribution in [1.29, 1.82) is 0 Å². The molecule has 2 aromatic carbocycles. The van der Waals surface area contributed by atoms with Crippen LogP contribution in [0.2, 0.25) is 5.02 Å². The van der Waals surface area contributed by atoms with Crippen molar-refractivity contribution in [3.63, 3.8) is 0 Å². The minimum atomic E-state index is -0.714. The topological polar surface area (TPSA) is 76.1 Å². The molecule has 1 saturated heterocycles. The van der Waals surface area contributed by atoms with E-state index in [9.17, 15) is 14.7 Å². The number of ether oxygens (including phenoxy) is 2. The van der Waals surface area contributed by atoms with E-state index in [1.807, 2.05) is 38.1 Å². The molecule has 0 aromatic heterocycles. The van der Waals surface area contributed by atoms with E-state index in [2.05, 4.69) is 0 Å². The third kappa shape index (κ3) is 4.75. The summed E-state index contributed by atoms with van der Waals surface area (Å²) in [6, 6.07) is 11.3. The third-order valence-electron chi connectivity index (χ3n) is 5.36. The molecule has 1 unspecified atom stereocenters. The number of carbonyl (C=O) groups excluding carboxylic acids is 2. The molecular formula is C25H28ClNO5. The fourth-order valence-electron chi connectivity index (χ4n) is 3.74. The van der Waals surface area contributed by atoms with Crippen LogP contribution < -0.4 is 9.47 Å². The van der Waals surface area contributed by atoms with Crippen LogP contribution in [0.15, 0.2) is 48.0 Å². The molecule has 1 amide bonds. The van der Waals surface area contributed by atoms with Crippen LogP contribution in [0, 0.1) is 0 Å². The summed E-state index contributed by atoms with van der Waals surface area (Å²) in [5, 5.41) is 11.5.